The van der Waals surface area contributed by atoms with E-state index >= 15 is 0 Å². The summed E-state index contributed by atoms with van der Waals surface area (Å²) in [6, 6.07) is 7.87. The Morgan fingerprint density at radius 3 is 2.65 bits per heavy atom. The summed E-state index contributed by atoms with van der Waals surface area (Å²) in [6.45, 7) is 10.0. The second-order valence-corrected chi connectivity index (χ2v) is 7.20. The van der Waals surface area contributed by atoms with Crippen LogP contribution in [0.5, 0.6) is 0 Å². The first-order valence-corrected chi connectivity index (χ1v) is 8.86. The van der Waals surface area contributed by atoms with Crippen LogP contribution in [-0.2, 0) is 18.4 Å². The van der Waals surface area contributed by atoms with Crippen LogP contribution in [0.3, 0.4) is 0 Å². The number of aliphatic imine (C=N–C) groups is 1. The zero-order valence-corrected chi connectivity index (χ0v) is 18.8. The Hall–Kier alpha value is -1.35. The molecule has 0 radical (unpaired) electrons. The first-order chi connectivity index (χ1) is 11.9. The SMILES string of the molecule is CCNC(=NCc1noc(C(C)(C)C)n1)NCCc1cccc(Cl)c1.I. The molecule has 0 saturated carbocycles. The molecular formula is C18H27ClIN5O. The lowest BCUT2D eigenvalue weighted by atomic mass is 9.97. The van der Waals surface area contributed by atoms with E-state index in [0.29, 0.717) is 18.3 Å². The van der Waals surface area contributed by atoms with Gasteiger partial charge in [-0.25, -0.2) is 4.99 Å². The van der Waals surface area contributed by atoms with Gasteiger partial charge in [0.1, 0.15) is 6.54 Å². The third-order valence-electron chi connectivity index (χ3n) is 3.43. The van der Waals surface area contributed by atoms with Gasteiger partial charge in [0.2, 0.25) is 5.89 Å². The van der Waals surface area contributed by atoms with E-state index in [9.17, 15) is 0 Å². The molecule has 1 heterocycles. The van der Waals surface area contributed by atoms with Crippen molar-refractivity contribution in [3.63, 3.8) is 0 Å². The first-order valence-electron chi connectivity index (χ1n) is 8.48. The van der Waals surface area contributed by atoms with Gasteiger partial charge in [-0.3, -0.25) is 0 Å². The molecule has 0 unspecified atom stereocenters. The van der Waals surface area contributed by atoms with Crippen LogP contribution in [-0.4, -0.2) is 29.2 Å². The predicted octanol–water partition coefficient (Wildman–Crippen LogP) is 3.94. The van der Waals surface area contributed by atoms with E-state index in [1.807, 2.05) is 45.9 Å². The van der Waals surface area contributed by atoms with Gasteiger partial charge in [0.15, 0.2) is 11.8 Å². The first kappa shape index (κ1) is 22.7. The molecule has 1 aromatic carbocycles. The summed E-state index contributed by atoms with van der Waals surface area (Å²) in [5.41, 5.74) is 1.03. The predicted molar refractivity (Wildman–Crippen MR) is 116 cm³/mol. The van der Waals surface area contributed by atoms with Crippen molar-refractivity contribution in [1.29, 1.82) is 0 Å². The van der Waals surface area contributed by atoms with Gasteiger partial charge in [0, 0.05) is 23.5 Å². The van der Waals surface area contributed by atoms with Crippen LogP contribution in [0, 0.1) is 0 Å². The van der Waals surface area contributed by atoms with Gasteiger partial charge in [0.25, 0.3) is 0 Å². The highest BCUT2D eigenvalue weighted by Crippen LogP contribution is 2.19. The van der Waals surface area contributed by atoms with E-state index in [2.05, 4.69) is 31.8 Å². The van der Waals surface area contributed by atoms with Gasteiger partial charge in [-0.1, -0.05) is 49.7 Å². The van der Waals surface area contributed by atoms with E-state index in [-0.39, 0.29) is 29.4 Å². The van der Waals surface area contributed by atoms with Crippen LogP contribution < -0.4 is 10.6 Å². The number of nitrogens with one attached hydrogen (secondary N) is 2. The number of hydrogen-bond acceptors (Lipinski definition) is 4. The van der Waals surface area contributed by atoms with Crippen molar-refractivity contribution in [2.75, 3.05) is 13.1 Å². The lowest BCUT2D eigenvalue weighted by molar-refractivity contribution is 0.318. The summed E-state index contributed by atoms with van der Waals surface area (Å²) in [5.74, 6) is 1.93. The van der Waals surface area contributed by atoms with Crippen molar-refractivity contribution in [2.45, 2.75) is 46.1 Å². The van der Waals surface area contributed by atoms with E-state index < -0.39 is 0 Å². The van der Waals surface area contributed by atoms with Gasteiger partial charge >= 0.3 is 0 Å². The molecule has 1 aromatic heterocycles. The second-order valence-electron chi connectivity index (χ2n) is 6.77. The smallest absolute Gasteiger partial charge is 0.232 e. The molecule has 0 amide bonds. The number of aromatic nitrogens is 2. The van der Waals surface area contributed by atoms with Crippen molar-refractivity contribution in [2.24, 2.45) is 4.99 Å². The molecule has 0 atom stereocenters. The number of nitrogens with zero attached hydrogens (tertiary/aromatic N) is 3. The molecule has 8 heteroatoms. The topological polar surface area (TPSA) is 75.3 Å². The molecule has 2 rings (SSSR count). The summed E-state index contributed by atoms with van der Waals surface area (Å²) in [7, 11) is 0. The van der Waals surface area contributed by atoms with E-state index in [1.165, 1.54) is 5.56 Å². The maximum absolute atomic E-state index is 6.01. The second kappa shape index (κ2) is 10.7. The van der Waals surface area contributed by atoms with Crippen LogP contribution >= 0.6 is 35.6 Å². The van der Waals surface area contributed by atoms with Crippen LogP contribution in [0.2, 0.25) is 5.02 Å². The number of rotatable bonds is 6. The Morgan fingerprint density at radius 1 is 1.27 bits per heavy atom. The van der Waals surface area contributed by atoms with Crippen LogP contribution in [0.4, 0.5) is 0 Å². The lowest BCUT2D eigenvalue weighted by Gasteiger charge is -2.11. The minimum Gasteiger partial charge on any atom is -0.357 e. The monoisotopic (exact) mass is 491 g/mol. The van der Waals surface area contributed by atoms with Gasteiger partial charge in [0.05, 0.1) is 0 Å². The summed E-state index contributed by atoms with van der Waals surface area (Å²) >= 11 is 6.01. The summed E-state index contributed by atoms with van der Waals surface area (Å²) in [5, 5.41) is 11.3. The number of guanidine groups is 1. The molecule has 2 N–H and O–H groups in total. The fraction of sp³-hybridized carbons (Fsp3) is 0.500. The molecule has 0 aliphatic rings. The van der Waals surface area contributed by atoms with Crippen molar-refractivity contribution < 1.29 is 4.52 Å². The molecule has 6 nitrogen and oxygen atoms in total. The highest BCUT2D eigenvalue weighted by molar-refractivity contribution is 14.0. The Balaban J connectivity index is 0.00000338. The molecule has 0 fully saturated rings. The quantitative estimate of drug-likeness (QED) is 0.364. The number of benzene rings is 1. The minimum atomic E-state index is -0.158. The maximum atomic E-state index is 6.01. The Morgan fingerprint density at radius 2 is 2.04 bits per heavy atom. The zero-order chi connectivity index (χ0) is 18.3. The third-order valence-corrected chi connectivity index (χ3v) is 3.66. The van der Waals surface area contributed by atoms with Crippen LogP contribution in [0.15, 0.2) is 33.8 Å². The molecular weight excluding hydrogens is 465 g/mol. The highest BCUT2D eigenvalue weighted by atomic mass is 127. The molecule has 0 bridgehead atoms. The normalized spacial score (nSPS) is 11.8. The van der Waals surface area contributed by atoms with E-state index in [1.54, 1.807) is 0 Å². The zero-order valence-electron chi connectivity index (χ0n) is 15.7. The average Bonchev–Trinajstić information content (AvgIpc) is 3.02. The molecule has 0 saturated heterocycles. The van der Waals surface area contributed by atoms with Gasteiger partial charge < -0.3 is 15.2 Å². The fourth-order valence-electron chi connectivity index (χ4n) is 2.13. The molecule has 0 aliphatic heterocycles. The van der Waals surface area contributed by atoms with Gasteiger partial charge in [-0.05, 0) is 31.0 Å². The summed E-state index contributed by atoms with van der Waals surface area (Å²) in [4.78, 5) is 8.91. The maximum Gasteiger partial charge on any atom is 0.232 e. The van der Waals surface area contributed by atoms with Crippen molar-refractivity contribution in [3.8, 4) is 0 Å². The van der Waals surface area contributed by atoms with Crippen molar-refractivity contribution in [3.05, 3.63) is 46.6 Å². The molecule has 2 aromatic rings. The molecule has 144 valence electrons. The van der Waals surface area contributed by atoms with Gasteiger partial charge in [-0.15, -0.1) is 24.0 Å². The summed E-state index contributed by atoms with van der Waals surface area (Å²) in [6.07, 6.45) is 0.862. The summed E-state index contributed by atoms with van der Waals surface area (Å²) < 4.78 is 5.29. The van der Waals surface area contributed by atoms with Crippen molar-refractivity contribution >= 4 is 41.5 Å². The van der Waals surface area contributed by atoms with Crippen molar-refractivity contribution in [1.82, 2.24) is 20.8 Å². The number of halogens is 2. The molecule has 0 spiro atoms. The Bertz CT molecular complexity index is 712. The Kier molecular flexibility index (Phi) is 9.35. The third kappa shape index (κ3) is 7.49. The molecule has 0 aliphatic carbocycles. The van der Waals surface area contributed by atoms with Crippen LogP contribution in [0.1, 0.15) is 45.0 Å². The van der Waals surface area contributed by atoms with Crippen LogP contribution in [0.25, 0.3) is 0 Å². The van der Waals surface area contributed by atoms with E-state index in [4.69, 9.17) is 16.1 Å². The Labute approximate surface area is 177 Å². The molecule has 26 heavy (non-hydrogen) atoms. The lowest BCUT2D eigenvalue weighted by Crippen LogP contribution is -2.38. The average molecular weight is 492 g/mol. The standard InChI is InChI=1S/C18H26ClN5O.HI/c1-5-20-17(21-10-9-13-7-6-8-14(19)11-13)22-12-15-23-16(25-24-15)18(2,3)4;/h6-8,11H,5,9-10,12H2,1-4H3,(H2,20,21,22);1H. The fourth-order valence-corrected chi connectivity index (χ4v) is 2.34. The highest BCUT2D eigenvalue weighted by Gasteiger charge is 2.21. The number of hydrogen-bond donors (Lipinski definition) is 2. The van der Waals surface area contributed by atoms with E-state index in [0.717, 1.165) is 30.5 Å². The minimum absolute atomic E-state index is 0. The largest absolute Gasteiger partial charge is 0.357 e. The van der Waals surface area contributed by atoms with Gasteiger partial charge in [-0.2, -0.15) is 4.98 Å².